The molecule has 0 aliphatic heterocycles. The van der Waals surface area contributed by atoms with Gasteiger partial charge in [-0.1, -0.05) is 84.9 Å². The average Bonchev–Trinajstić information content (AvgIpc) is 2.86. The first-order valence-electron chi connectivity index (χ1n) is 10.8. The number of benzene rings is 4. The Morgan fingerprint density at radius 3 is 1.74 bits per heavy atom. The number of para-hydroxylation sites is 1. The number of carbonyl (C=O) groups is 2. The van der Waals surface area contributed by atoms with Gasteiger partial charge in [0.2, 0.25) is 5.91 Å². The molecule has 0 saturated heterocycles. The fourth-order valence-corrected chi connectivity index (χ4v) is 3.81. The Hall–Kier alpha value is -4.29. The van der Waals surface area contributed by atoms with Crippen LogP contribution in [0.15, 0.2) is 115 Å². The Morgan fingerprint density at radius 1 is 0.618 bits per heavy atom. The number of nitrogens with one attached hydrogen (secondary N) is 3. The molecule has 0 radical (unpaired) electrons. The summed E-state index contributed by atoms with van der Waals surface area (Å²) >= 11 is 5.40. The van der Waals surface area contributed by atoms with Gasteiger partial charge in [-0.3, -0.25) is 9.59 Å². The quantitative estimate of drug-likeness (QED) is 0.325. The second-order valence-electron chi connectivity index (χ2n) is 7.60. The standard InChI is InChI=1S/C28H23N3O2S/c32-26(29-23-16-8-3-9-17-23)22-15-10-18-24(19-22)30-28(34)31-27(33)25(20-11-4-1-5-12-20)21-13-6-2-7-14-21/h1-19,25H,(H,29,32)(H2,30,31,33,34). The third-order valence-electron chi connectivity index (χ3n) is 5.18. The van der Waals surface area contributed by atoms with E-state index in [0.29, 0.717) is 16.9 Å². The van der Waals surface area contributed by atoms with Gasteiger partial charge in [-0.25, -0.2) is 0 Å². The minimum Gasteiger partial charge on any atom is -0.332 e. The van der Waals surface area contributed by atoms with Gasteiger partial charge in [-0.05, 0) is 53.7 Å². The summed E-state index contributed by atoms with van der Waals surface area (Å²) in [4.78, 5) is 25.8. The number of anilines is 2. The van der Waals surface area contributed by atoms with Gasteiger partial charge in [0.05, 0.1) is 5.92 Å². The molecule has 3 N–H and O–H groups in total. The summed E-state index contributed by atoms with van der Waals surface area (Å²) in [5.41, 5.74) is 3.51. The molecule has 0 atom stereocenters. The van der Waals surface area contributed by atoms with Crippen molar-refractivity contribution < 1.29 is 9.59 Å². The molecule has 6 heteroatoms. The maximum atomic E-state index is 13.2. The van der Waals surface area contributed by atoms with Crippen molar-refractivity contribution in [2.75, 3.05) is 10.6 Å². The second kappa shape index (κ2) is 11.0. The van der Waals surface area contributed by atoms with Crippen molar-refractivity contribution in [2.24, 2.45) is 0 Å². The molecule has 0 heterocycles. The summed E-state index contributed by atoms with van der Waals surface area (Å²) in [5, 5.41) is 8.81. The van der Waals surface area contributed by atoms with Gasteiger partial charge in [0.1, 0.15) is 0 Å². The first-order chi connectivity index (χ1) is 16.6. The van der Waals surface area contributed by atoms with Crippen molar-refractivity contribution in [2.45, 2.75) is 5.92 Å². The minimum atomic E-state index is -0.509. The van der Waals surface area contributed by atoms with Crippen LogP contribution >= 0.6 is 12.2 Å². The molecule has 4 aromatic rings. The number of carbonyl (C=O) groups excluding carboxylic acids is 2. The first-order valence-corrected chi connectivity index (χ1v) is 11.2. The van der Waals surface area contributed by atoms with Crippen molar-refractivity contribution in [1.29, 1.82) is 0 Å². The number of hydrogen-bond donors (Lipinski definition) is 3. The third-order valence-corrected chi connectivity index (χ3v) is 5.38. The predicted octanol–water partition coefficient (Wildman–Crippen LogP) is 5.58. The monoisotopic (exact) mass is 465 g/mol. The third kappa shape index (κ3) is 5.94. The number of amides is 2. The topological polar surface area (TPSA) is 70.2 Å². The molecule has 0 aromatic heterocycles. The molecule has 168 valence electrons. The molecule has 0 aliphatic carbocycles. The van der Waals surface area contributed by atoms with Crippen LogP contribution in [0.3, 0.4) is 0 Å². The fourth-order valence-electron chi connectivity index (χ4n) is 3.60. The number of thiocarbonyl (C=S) groups is 1. The molecule has 4 rings (SSSR count). The molecular weight excluding hydrogens is 442 g/mol. The van der Waals surface area contributed by atoms with E-state index in [4.69, 9.17) is 12.2 Å². The van der Waals surface area contributed by atoms with E-state index in [0.717, 1.165) is 11.1 Å². The Balaban J connectivity index is 1.45. The second-order valence-corrected chi connectivity index (χ2v) is 8.01. The van der Waals surface area contributed by atoms with Crippen LogP contribution in [0, 0.1) is 0 Å². The molecule has 0 bridgehead atoms. The van der Waals surface area contributed by atoms with E-state index >= 15 is 0 Å². The van der Waals surface area contributed by atoms with Crippen molar-refractivity contribution in [3.05, 3.63) is 132 Å². The molecule has 0 aliphatic rings. The normalized spacial score (nSPS) is 10.4. The van der Waals surface area contributed by atoms with E-state index in [1.165, 1.54) is 0 Å². The molecular formula is C28H23N3O2S. The minimum absolute atomic E-state index is 0.155. The number of rotatable bonds is 6. The van der Waals surface area contributed by atoms with Crippen LogP contribution < -0.4 is 16.0 Å². The lowest BCUT2D eigenvalue weighted by atomic mass is 9.90. The summed E-state index contributed by atoms with van der Waals surface area (Å²) < 4.78 is 0. The van der Waals surface area contributed by atoms with Crippen LogP contribution in [0.1, 0.15) is 27.4 Å². The lowest BCUT2D eigenvalue weighted by Gasteiger charge is -2.19. The highest BCUT2D eigenvalue weighted by molar-refractivity contribution is 7.80. The molecule has 0 spiro atoms. The average molecular weight is 466 g/mol. The fraction of sp³-hybridized carbons (Fsp3) is 0.0357. The molecule has 0 fully saturated rings. The molecule has 4 aromatic carbocycles. The molecule has 34 heavy (non-hydrogen) atoms. The largest absolute Gasteiger partial charge is 0.332 e. The van der Waals surface area contributed by atoms with E-state index in [2.05, 4.69) is 16.0 Å². The maximum Gasteiger partial charge on any atom is 0.255 e. The highest BCUT2D eigenvalue weighted by Crippen LogP contribution is 2.25. The Kier molecular flexibility index (Phi) is 7.42. The van der Waals surface area contributed by atoms with Gasteiger partial charge >= 0.3 is 0 Å². The molecule has 5 nitrogen and oxygen atoms in total. The van der Waals surface area contributed by atoms with E-state index < -0.39 is 5.92 Å². The Bertz CT molecular complexity index is 1240. The zero-order valence-electron chi connectivity index (χ0n) is 18.3. The van der Waals surface area contributed by atoms with Crippen LogP contribution in [-0.2, 0) is 4.79 Å². The van der Waals surface area contributed by atoms with Crippen molar-refractivity contribution in [1.82, 2.24) is 5.32 Å². The van der Waals surface area contributed by atoms with E-state index in [9.17, 15) is 9.59 Å². The van der Waals surface area contributed by atoms with Crippen LogP contribution in [-0.4, -0.2) is 16.9 Å². The van der Waals surface area contributed by atoms with Gasteiger partial charge in [-0.2, -0.15) is 0 Å². The van der Waals surface area contributed by atoms with Crippen LogP contribution in [0.5, 0.6) is 0 Å². The summed E-state index contributed by atoms with van der Waals surface area (Å²) in [7, 11) is 0. The Labute approximate surface area is 203 Å². The molecule has 2 amide bonds. The van der Waals surface area contributed by atoms with Gasteiger partial charge in [-0.15, -0.1) is 0 Å². The highest BCUT2D eigenvalue weighted by atomic mass is 32.1. The van der Waals surface area contributed by atoms with Crippen molar-refractivity contribution in [3.63, 3.8) is 0 Å². The highest BCUT2D eigenvalue weighted by Gasteiger charge is 2.23. The van der Waals surface area contributed by atoms with Crippen molar-refractivity contribution >= 4 is 40.5 Å². The van der Waals surface area contributed by atoms with Gasteiger partial charge in [0.15, 0.2) is 5.11 Å². The Morgan fingerprint density at radius 2 is 1.15 bits per heavy atom. The first kappa shape index (κ1) is 22.9. The smallest absolute Gasteiger partial charge is 0.255 e. The molecule has 0 saturated carbocycles. The van der Waals surface area contributed by atoms with Crippen LogP contribution in [0.4, 0.5) is 11.4 Å². The summed E-state index contributed by atoms with van der Waals surface area (Å²) in [6.45, 7) is 0. The summed E-state index contributed by atoms with van der Waals surface area (Å²) in [5.74, 6) is -0.990. The SMILES string of the molecule is O=C(Nc1ccccc1)c1cccc(NC(=S)NC(=O)C(c2ccccc2)c2ccccc2)c1. The maximum absolute atomic E-state index is 13.2. The molecule has 0 unspecified atom stereocenters. The van der Waals surface area contributed by atoms with Crippen LogP contribution in [0.25, 0.3) is 0 Å². The van der Waals surface area contributed by atoms with Gasteiger partial charge < -0.3 is 16.0 Å². The lowest BCUT2D eigenvalue weighted by Crippen LogP contribution is -2.37. The predicted molar refractivity (Wildman–Crippen MR) is 140 cm³/mol. The van der Waals surface area contributed by atoms with Gasteiger partial charge in [0, 0.05) is 16.9 Å². The van der Waals surface area contributed by atoms with E-state index in [1.54, 1.807) is 24.3 Å². The van der Waals surface area contributed by atoms with Gasteiger partial charge in [0.25, 0.3) is 5.91 Å². The lowest BCUT2D eigenvalue weighted by molar-refractivity contribution is -0.120. The summed E-state index contributed by atoms with van der Waals surface area (Å²) in [6.07, 6.45) is 0. The van der Waals surface area contributed by atoms with Crippen LogP contribution in [0.2, 0.25) is 0 Å². The number of hydrogen-bond acceptors (Lipinski definition) is 3. The summed E-state index contributed by atoms with van der Waals surface area (Å²) in [6, 6.07) is 35.3. The zero-order chi connectivity index (χ0) is 23.8. The van der Waals surface area contributed by atoms with Crippen molar-refractivity contribution in [3.8, 4) is 0 Å². The van der Waals surface area contributed by atoms with E-state index in [1.807, 2.05) is 91.0 Å². The van der Waals surface area contributed by atoms with E-state index in [-0.39, 0.29) is 16.9 Å². The zero-order valence-corrected chi connectivity index (χ0v) is 19.1.